The number of benzene rings is 2. The van der Waals surface area contributed by atoms with E-state index in [0.717, 1.165) is 19.3 Å². The fourth-order valence-corrected chi connectivity index (χ4v) is 8.56. The molecule has 1 saturated heterocycles. The van der Waals surface area contributed by atoms with E-state index >= 15 is 0 Å². The summed E-state index contributed by atoms with van der Waals surface area (Å²) >= 11 is 0. The summed E-state index contributed by atoms with van der Waals surface area (Å²) in [4.78, 5) is 74.2. The monoisotopic (exact) mass is 773 g/mol. The standard InChI is InChI=1S/C39H39N3O14/c1-15-9-17-10-24(44)39(55-5)36(51)27-21(35(50)38(39,52)28(17)30(47)19(15)12-25(45)41-18-7-6-8-40-14-18)11-20-26(31(27)48)23(43)13-22(29(20)46)42-37-34(54-4)32(49)33(53-3)16(2)56-37/h6-9,11,13-14,16,24,32-34,37,42,44,47-49,52H,10,12H2,1-5H3,(H,41,45)/t16-,24+,32+,33-,34+,37?,38-,39+/m0/s1. The van der Waals surface area contributed by atoms with Crippen LogP contribution in [0.1, 0.15) is 70.6 Å². The molecule has 3 aliphatic carbocycles. The summed E-state index contributed by atoms with van der Waals surface area (Å²) in [7, 11) is 3.62. The summed E-state index contributed by atoms with van der Waals surface area (Å²) < 4.78 is 22.2. The molecule has 0 spiro atoms. The van der Waals surface area contributed by atoms with Crippen LogP contribution in [0.15, 0.2) is 48.4 Å². The first-order chi connectivity index (χ1) is 26.6. The maximum absolute atomic E-state index is 14.8. The van der Waals surface area contributed by atoms with Gasteiger partial charge in [-0.2, -0.15) is 0 Å². The van der Waals surface area contributed by atoms with Gasteiger partial charge in [-0.25, -0.2) is 0 Å². The second-order valence-electron chi connectivity index (χ2n) is 14.2. The van der Waals surface area contributed by atoms with Crippen LogP contribution in [0.3, 0.4) is 0 Å². The molecule has 294 valence electrons. The van der Waals surface area contributed by atoms with Gasteiger partial charge < -0.3 is 55.1 Å². The van der Waals surface area contributed by atoms with Gasteiger partial charge >= 0.3 is 0 Å². The normalized spacial score (nSPS) is 29.5. The van der Waals surface area contributed by atoms with Gasteiger partial charge in [-0.3, -0.25) is 29.0 Å². The van der Waals surface area contributed by atoms with Crippen LogP contribution in [-0.2, 0) is 42.2 Å². The minimum Gasteiger partial charge on any atom is -0.507 e. The number of phenolic OH excluding ortho intramolecular Hbond substituents is 2. The highest BCUT2D eigenvalue weighted by Crippen LogP contribution is 2.56. The van der Waals surface area contributed by atoms with Crippen molar-refractivity contribution in [2.24, 2.45) is 0 Å². The van der Waals surface area contributed by atoms with E-state index < -0.39 is 129 Å². The van der Waals surface area contributed by atoms with Crippen molar-refractivity contribution in [3.8, 4) is 11.5 Å². The highest BCUT2D eigenvalue weighted by molar-refractivity contribution is 6.30. The van der Waals surface area contributed by atoms with Gasteiger partial charge in [0.05, 0.1) is 47.3 Å². The third-order valence-electron chi connectivity index (χ3n) is 11.2. The van der Waals surface area contributed by atoms with Gasteiger partial charge in [-0.15, -0.1) is 0 Å². The summed E-state index contributed by atoms with van der Waals surface area (Å²) in [5, 5.41) is 64.0. The molecule has 1 fully saturated rings. The van der Waals surface area contributed by atoms with Crippen molar-refractivity contribution in [1.29, 1.82) is 0 Å². The molecule has 7 N–H and O–H groups in total. The van der Waals surface area contributed by atoms with Crippen LogP contribution in [-0.4, -0.2) is 123 Å². The van der Waals surface area contributed by atoms with Crippen molar-refractivity contribution in [3.63, 3.8) is 0 Å². The van der Waals surface area contributed by atoms with Crippen LogP contribution >= 0.6 is 0 Å². The number of carbonyl (C=O) groups is 5. The number of aromatic nitrogens is 1. The first-order valence-corrected chi connectivity index (χ1v) is 17.5. The van der Waals surface area contributed by atoms with Gasteiger partial charge in [0.2, 0.25) is 23.3 Å². The Hall–Kier alpha value is -5.40. The SMILES string of the molecule is CO[C@@H]1[C@@H](O)[C@@H](OC)C(NC2=CC(=O)c3c(cc4c(c3O)C(=O)[C@]3(OC)[C@H](O)Cc5cc(C)c(CC(=O)Nc6cccnc6)c(O)c5[C@]3(O)C4=O)C2=O)O[C@H]1C. The van der Waals surface area contributed by atoms with Crippen molar-refractivity contribution in [3.05, 3.63) is 92.9 Å². The summed E-state index contributed by atoms with van der Waals surface area (Å²) in [6, 6.07) is 5.52. The zero-order chi connectivity index (χ0) is 40.6. The molecule has 7 rings (SSSR count). The largest absolute Gasteiger partial charge is 0.507 e. The average Bonchev–Trinajstić information content (AvgIpc) is 3.14. The summed E-state index contributed by atoms with van der Waals surface area (Å²) in [6.07, 6.45) is -4.06. The first-order valence-electron chi connectivity index (χ1n) is 17.5. The quantitative estimate of drug-likeness (QED) is 0.165. The van der Waals surface area contributed by atoms with Gasteiger partial charge in [-0.05, 0) is 43.2 Å². The van der Waals surface area contributed by atoms with Gasteiger partial charge in [-0.1, -0.05) is 6.07 Å². The van der Waals surface area contributed by atoms with E-state index in [1.165, 1.54) is 32.7 Å². The predicted octanol–water partition coefficient (Wildman–Crippen LogP) is 0.540. The lowest BCUT2D eigenvalue weighted by Gasteiger charge is -2.53. The molecule has 0 saturated carbocycles. The number of allylic oxidation sites excluding steroid dienone is 2. The number of methoxy groups -OCH3 is 3. The molecular weight excluding hydrogens is 734 g/mol. The number of hydrogen-bond acceptors (Lipinski definition) is 16. The molecule has 17 nitrogen and oxygen atoms in total. The number of aliphatic hydroxyl groups is 3. The van der Waals surface area contributed by atoms with E-state index in [-0.39, 0.29) is 16.8 Å². The minimum absolute atomic E-state index is 0.0172. The Morgan fingerprint density at radius 2 is 1.71 bits per heavy atom. The maximum atomic E-state index is 14.8. The van der Waals surface area contributed by atoms with E-state index in [1.807, 2.05) is 0 Å². The van der Waals surface area contributed by atoms with E-state index in [0.29, 0.717) is 11.3 Å². The van der Waals surface area contributed by atoms with Crippen molar-refractivity contribution in [1.82, 2.24) is 10.3 Å². The van der Waals surface area contributed by atoms with E-state index in [1.54, 1.807) is 26.0 Å². The third kappa shape index (κ3) is 5.42. The Bertz CT molecular complexity index is 2240. The number of aryl methyl sites for hydroxylation is 1. The molecule has 3 aromatic rings. The number of nitrogens with zero attached hydrogens (tertiary/aromatic N) is 1. The Kier molecular flexibility index (Phi) is 9.69. The molecule has 1 unspecified atom stereocenters. The Labute approximate surface area is 318 Å². The van der Waals surface area contributed by atoms with Gasteiger partial charge in [0, 0.05) is 62.3 Å². The number of Topliss-reactive ketones (excluding diaryl/α,β-unsaturated/α-hetero) is 3. The van der Waals surface area contributed by atoms with Gasteiger partial charge in [0.25, 0.3) is 0 Å². The Morgan fingerprint density at radius 3 is 2.36 bits per heavy atom. The van der Waals surface area contributed by atoms with Crippen LogP contribution in [0.4, 0.5) is 5.69 Å². The molecule has 1 aliphatic heterocycles. The molecule has 0 bridgehead atoms. The van der Waals surface area contributed by atoms with E-state index in [4.69, 9.17) is 18.9 Å². The second kappa shape index (κ2) is 14.0. The Balaban J connectivity index is 1.33. The van der Waals surface area contributed by atoms with Crippen molar-refractivity contribution >= 4 is 34.7 Å². The minimum atomic E-state index is -3.20. The lowest BCUT2D eigenvalue weighted by atomic mass is 9.56. The fraction of sp³-hybridized carbons (Fsp3) is 0.385. The molecule has 1 aromatic heterocycles. The average molecular weight is 774 g/mol. The predicted molar refractivity (Wildman–Crippen MR) is 191 cm³/mol. The van der Waals surface area contributed by atoms with E-state index in [9.17, 15) is 49.5 Å². The molecule has 56 heavy (non-hydrogen) atoms. The number of ketones is 4. The lowest BCUT2D eigenvalue weighted by Crippen LogP contribution is -2.73. The van der Waals surface area contributed by atoms with Crippen LogP contribution in [0.5, 0.6) is 11.5 Å². The number of pyridine rings is 1. The number of amides is 1. The number of rotatable bonds is 8. The number of anilines is 1. The van der Waals surface area contributed by atoms with Crippen molar-refractivity contribution < 1.29 is 68.5 Å². The summed E-state index contributed by atoms with van der Waals surface area (Å²) in [6.45, 7) is 3.19. The number of aromatic hydroxyl groups is 2. The summed E-state index contributed by atoms with van der Waals surface area (Å²) in [5.74, 6) is -6.96. The maximum Gasteiger partial charge on any atom is 0.228 e. The zero-order valence-corrected chi connectivity index (χ0v) is 30.8. The Morgan fingerprint density at radius 1 is 1.00 bits per heavy atom. The number of fused-ring (bicyclic) bond motifs is 5. The van der Waals surface area contributed by atoms with Crippen molar-refractivity contribution in [2.75, 3.05) is 26.6 Å². The van der Waals surface area contributed by atoms with E-state index in [2.05, 4.69) is 15.6 Å². The molecule has 1 amide bonds. The molecule has 0 radical (unpaired) electrons. The van der Waals surface area contributed by atoms with Crippen molar-refractivity contribution in [2.45, 2.75) is 74.6 Å². The third-order valence-corrected chi connectivity index (χ3v) is 11.2. The van der Waals surface area contributed by atoms with Crippen LogP contribution in [0.2, 0.25) is 0 Å². The number of aliphatic hydroxyl groups excluding tert-OH is 2. The highest BCUT2D eigenvalue weighted by atomic mass is 16.6. The zero-order valence-electron chi connectivity index (χ0n) is 30.8. The van der Waals surface area contributed by atoms with Crippen LogP contribution in [0, 0.1) is 6.92 Å². The number of carbonyl (C=O) groups excluding carboxylic acids is 5. The molecule has 8 atom stereocenters. The molecule has 4 aliphatic rings. The number of ether oxygens (including phenoxy) is 4. The topological polar surface area (TPSA) is 260 Å². The molecule has 2 heterocycles. The summed E-state index contributed by atoms with van der Waals surface area (Å²) in [5.41, 5.74) is -8.89. The smallest absolute Gasteiger partial charge is 0.228 e. The number of nitrogens with one attached hydrogen (secondary N) is 2. The number of phenols is 2. The number of hydrogen-bond donors (Lipinski definition) is 7. The molecule has 17 heteroatoms. The first kappa shape index (κ1) is 38.9. The van der Waals surface area contributed by atoms with Crippen LogP contribution in [0.25, 0.3) is 0 Å². The molecular formula is C39H39N3O14. The highest BCUT2D eigenvalue weighted by Gasteiger charge is 2.72. The van der Waals surface area contributed by atoms with Gasteiger partial charge in [0.15, 0.2) is 23.2 Å². The van der Waals surface area contributed by atoms with Crippen LogP contribution < -0.4 is 10.6 Å². The second-order valence-corrected chi connectivity index (χ2v) is 14.2. The molecule has 2 aromatic carbocycles. The fourth-order valence-electron chi connectivity index (χ4n) is 8.56. The van der Waals surface area contributed by atoms with Gasteiger partial charge in [0.1, 0.15) is 29.8 Å². The lowest BCUT2D eigenvalue weighted by molar-refractivity contribution is -0.236.